The van der Waals surface area contributed by atoms with E-state index < -0.39 is 0 Å². The van der Waals surface area contributed by atoms with Gasteiger partial charge in [-0.2, -0.15) is 0 Å². The van der Waals surface area contributed by atoms with E-state index in [1.54, 1.807) is 0 Å². The summed E-state index contributed by atoms with van der Waals surface area (Å²) >= 11 is 0. The molecule has 0 atom stereocenters. The van der Waals surface area contributed by atoms with Crippen LogP contribution in [-0.4, -0.2) is 4.57 Å². The SMILES string of the molecule is c1ccc(-c2ccccc2N(c2ccc3c(c2)-c2c4cccc2-c2cccc-3c2-c2ccccc2-4)c2ccc3c4ccccc4n(-c4ccccc4)c3c2)cc1. The molecule has 1 aromatic heterocycles. The lowest BCUT2D eigenvalue weighted by atomic mass is 9.83. The molecule has 12 rings (SSSR count). The van der Waals surface area contributed by atoms with Gasteiger partial charge >= 0.3 is 0 Å². The third-order valence-electron chi connectivity index (χ3n) is 11.9. The minimum atomic E-state index is 1.10. The maximum absolute atomic E-state index is 2.47. The lowest BCUT2D eigenvalue weighted by Gasteiger charge is -2.29. The zero-order valence-corrected chi connectivity index (χ0v) is 30.5. The third-order valence-corrected chi connectivity index (χ3v) is 11.9. The monoisotopic (exact) mass is 710 g/mol. The number of fused-ring (bicyclic) bond motifs is 7. The van der Waals surface area contributed by atoms with Gasteiger partial charge in [-0.05, 0) is 110 Å². The Hall–Kier alpha value is -7.42. The zero-order valence-electron chi connectivity index (χ0n) is 30.5. The van der Waals surface area contributed by atoms with Crippen LogP contribution in [0.4, 0.5) is 17.1 Å². The van der Waals surface area contributed by atoms with Gasteiger partial charge in [0.15, 0.2) is 0 Å². The predicted octanol–water partition coefficient (Wildman–Crippen LogP) is 14.9. The Kier molecular flexibility index (Phi) is 6.66. The smallest absolute Gasteiger partial charge is 0.0561 e. The van der Waals surface area contributed by atoms with Crippen LogP contribution in [0.2, 0.25) is 0 Å². The van der Waals surface area contributed by atoms with Crippen molar-refractivity contribution >= 4 is 38.9 Å². The summed E-state index contributed by atoms with van der Waals surface area (Å²) in [6, 6.07) is 75.9. The molecular weight excluding hydrogens is 677 g/mol. The molecule has 6 bridgehead atoms. The van der Waals surface area contributed by atoms with E-state index in [1.165, 1.54) is 88.6 Å². The molecule has 0 saturated heterocycles. The van der Waals surface area contributed by atoms with Crippen LogP contribution in [0.15, 0.2) is 206 Å². The molecule has 56 heavy (non-hydrogen) atoms. The minimum absolute atomic E-state index is 1.10. The number of benzene rings is 9. The number of rotatable bonds is 5. The maximum Gasteiger partial charge on any atom is 0.0561 e. The summed E-state index contributed by atoms with van der Waals surface area (Å²) in [5.74, 6) is 0. The highest BCUT2D eigenvalue weighted by molar-refractivity contribution is 6.15. The van der Waals surface area contributed by atoms with Crippen molar-refractivity contribution < 1.29 is 0 Å². The van der Waals surface area contributed by atoms with Crippen LogP contribution in [-0.2, 0) is 0 Å². The average Bonchev–Trinajstić information content (AvgIpc) is 3.54. The van der Waals surface area contributed by atoms with E-state index in [-0.39, 0.29) is 0 Å². The lowest BCUT2D eigenvalue weighted by molar-refractivity contribution is 1.18. The normalized spacial score (nSPS) is 11.9. The highest BCUT2D eigenvalue weighted by atomic mass is 15.1. The van der Waals surface area contributed by atoms with Gasteiger partial charge in [0, 0.05) is 33.4 Å². The Labute approximate surface area is 325 Å². The number of nitrogens with zero attached hydrogens (tertiary/aromatic N) is 2. The second-order valence-corrected chi connectivity index (χ2v) is 14.8. The fourth-order valence-corrected chi connectivity index (χ4v) is 9.54. The summed E-state index contributed by atoms with van der Waals surface area (Å²) in [6.07, 6.45) is 0. The minimum Gasteiger partial charge on any atom is -0.310 e. The maximum atomic E-state index is 2.47. The standard InChI is InChI=1S/C54H34N2/c1-3-15-35(16-4-1)39-19-9-11-27-50(39)55(38-30-32-43-42-21-10-12-28-51(42)56(52(43)34-38)36-17-5-2-6-18-36)37-29-31-41-46-24-14-25-47-48-26-13-23-45(54(48)49(41)33-37)40-20-7-8-22-44(40)53(46)47/h1-34H. The molecule has 2 aliphatic rings. The molecule has 9 aromatic carbocycles. The van der Waals surface area contributed by atoms with Gasteiger partial charge in [0.2, 0.25) is 0 Å². The van der Waals surface area contributed by atoms with Crippen molar-refractivity contribution in [3.63, 3.8) is 0 Å². The zero-order chi connectivity index (χ0) is 36.7. The Balaban J connectivity index is 1.16. The van der Waals surface area contributed by atoms with Crippen molar-refractivity contribution in [2.45, 2.75) is 0 Å². The molecule has 2 aliphatic carbocycles. The number of hydrogen-bond donors (Lipinski definition) is 0. The molecule has 0 N–H and O–H groups in total. The second kappa shape index (κ2) is 12.0. The van der Waals surface area contributed by atoms with Gasteiger partial charge in [-0.1, -0.05) is 158 Å². The second-order valence-electron chi connectivity index (χ2n) is 14.8. The predicted molar refractivity (Wildman–Crippen MR) is 235 cm³/mol. The quantitative estimate of drug-likeness (QED) is 0.173. The van der Waals surface area contributed by atoms with Crippen molar-refractivity contribution in [3.8, 4) is 72.4 Å². The molecule has 260 valence electrons. The van der Waals surface area contributed by atoms with Gasteiger partial charge in [-0.3, -0.25) is 0 Å². The lowest BCUT2D eigenvalue weighted by Crippen LogP contribution is -2.12. The van der Waals surface area contributed by atoms with Crippen LogP contribution in [0.3, 0.4) is 0 Å². The van der Waals surface area contributed by atoms with E-state index in [2.05, 4.69) is 216 Å². The van der Waals surface area contributed by atoms with Gasteiger partial charge in [0.1, 0.15) is 0 Å². The summed E-state index contributed by atoms with van der Waals surface area (Å²) in [5.41, 5.74) is 22.1. The van der Waals surface area contributed by atoms with E-state index in [4.69, 9.17) is 0 Å². The molecule has 0 radical (unpaired) electrons. The van der Waals surface area contributed by atoms with Gasteiger partial charge < -0.3 is 9.47 Å². The van der Waals surface area contributed by atoms with Crippen LogP contribution >= 0.6 is 0 Å². The van der Waals surface area contributed by atoms with Crippen molar-refractivity contribution in [2.24, 2.45) is 0 Å². The summed E-state index contributed by atoms with van der Waals surface area (Å²) in [5, 5.41) is 2.48. The van der Waals surface area contributed by atoms with E-state index in [0.717, 1.165) is 22.7 Å². The molecule has 2 nitrogen and oxygen atoms in total. The summed E-state index contributed by atoms with van der Waals surface area (Å²) in [7, 11) is 0. The molecule has 0 saturated carbocycles. The Bertz CT molecular complexity index is 3170. The number of anilines is 3. The fraction of sp³-hybridized carbons (Fsp3) is 0. The molecule has 0 unspecified atom stereocenters. The van der Waals surface area contributed by atoms with Crippen molar-refractivity contribution in [1.29, 1.82) is 0 Å². The van der Waals surface area contributed by atoms with Crippen molar-refractivity contribution in [1.82, 2.24) is 4.57 Å². The first-order valence-corrected chi connectivity index (χ1v) is 19.4. The fourth-order valence-electron chi connectivity index (χ4n) is 9.54. The first-order chi connectivity index (χ1) is 27.8. The van der Waals surface area contributed by atoms with Crippen LogP contribution in [0.25, 0.3) is 94.3 Å². The van der Waals surface area contributed by atoms with Crippen LogP contribution in [0.5, 0.6) is 0 Å². The molecule has 2 heteroatoms. The van der Waals surface area contributed by atoms with Crippen LogP contribution in [0, 0.1) is 0 Å². The molecule has 0 aliphatic heterocycles. The van der Waals surface area contributed by atoms with E-state index in [1.807, 2.05) is 0 Å². The average molecular weight is 711 g/mol. The largest absolute Gasteiger partial charge is 0.310 e. The van der Waals surface area contributed by atoms with Crippen LogP contribution < -0.4 is 4.90 Å². The Morgan fingerprint density at radius 2 is 0.821 bits per heavy atom. The molecule has 0 amide bonds. The molecule has 0 fully saturated rings. The highest BCUT2D eigenvalue weighted by Gasteiger charge is 2.31. The molecule has 0 spiro atoms. The van der Waals surface area contributed by atoms with Crippen LogP contribution in [0.1, 0.15) is 0 Å². The van der Waals surface area contributed by atoms with Crippen molar-refractivity contribution in [2.75, 3.05) is 4.90 Å². The highest BCUT2D eigenvalue weighted by Crippen LogP contribution is 2.58. The first kappa shape index (κ1) is 31.0. The number of para-hydroxylation sites is 3. The van der Waals surface area contributed by atoms with E-state index >= 15 is 0 Å². The summed E-state index contributed by atoms with van der Waals surface area (Å²) in [4.78, 5) is 2.47. The summed E-state index contributed by atoms with van der Waals surface area (Å²) in [6.45, 7) is 0. The third kappa shape index (κ3) is 4.44. The first-order valence-electron chi connectivity index (χ1n) is 19.4. The number of hydrogen-bond acceptors (Lipinski definition) is 1. The molecular formula is C54H34N2. The topological polar surface area (TPSA) is 8.17 Å². The summed E-state index contributed by atoms with van der Waals surface area (Å²) < 4.78 is 2.41. The Morgan fingerprint density at radius 1 is 0.304 bits per heavy atom. The van der Waals surface area contributed by atoms with Gasteiger partial charge in [-0.15, -0.1) is 0 Å². The molecule has 10 aromatic rings. The van der Waals surface area contributed by atoms with E-state index in [0.29, 0.717) is 0 Å². The van der Waals surface area contributed by atoms with E-state index in [9.17, 15) is 0 Å². The Morgan fingerprint density at radius 3 is 1.59 bits per heavy atom. The van der Waals surface area contributed by atoms with Gasteiger partial charge in [0.05, 0.1) is 16.7 Å². The number of aromatic nitrogens is 1. The van der Waals surface area contributed by atoms with Gasteiger partial charge in [-0.25, -0.2) is 0 Å². The van der Waals surface area contributed by atoms with Crippen molar-refractivity contribution in [3.05, 3.63) is 206 Å². The van der Waals surface area contributed by atoms with Gasteiger partial charge in [0.25, 0.3) is 0 Å². The molecule has 1 heterocycles.